The normalized spacial score (nSPS) is 10.5. The Hall–Kier alpha value is -2.86. The van der Waals surface area contributed by atoms with Gasteiger partial charge in [0.05, 0.1) is 18.5 Å². The first-order valence-corrected chi connectivity index (χ1v) is 8.22. The van der Waals surface area contributed by atoms with Crippen molar-refractivity contribution in [2.75, 3.05) is 6.61 Å². The number of nitrogens with zero attached hydrogens (tertiary/aromatic N) is 3. The number of nitrogens with one attached hydrogen (secondary N) is 1. The predicted molar refractivity (Wildman–Crippen MR) is 95.2 cm³/mol. The van der Waals surface area contributed by atoms with Crippen LogP contribution in [-0.4, -0.2) is 27.5 Å². The molecule has 1 heterocycles. The minimum Gasteiger partial charge on any atom is -0.494 e. The number of carbonyl (C=O) groups is 1. The third kappa shape index (κ3) is 4.16. The van der Waals surface area contributed by atoms with Gasteiger partial charge in [0.15, 0.2) is 5.69 Å². The summed E-state index contributed by atoms with van der Waals surface area (Å²) in [6, 6.07) is 14.7. The number of rotatable bonds is 6. The molecule has 0 bridgehead atoms. The van der Waals surface area contributed by atoms with Crippen LogP contribution < -0.4 is 10.1 Å². The molecule has 25 heavy (non-hydrogen) atoms. The topological polar surface area (TPSA) is 69.0 Å². The highest BCUT2D eigenvalue weighted by atomic mass is 35.5. The lowest BCUT2D eigenvalue weighted by Crippen LogP contribution is -2.23. The van der Waals surface area contributed by atoms with Gasteiger partial charge in [0, 0.05) is 17.1 Å². The Morgan fingerprint density at radius 3 is 2.88 bits per heavy atom. The van der Waals surface area contributed by atoms with Crippen molar-refractivity contribution in [3.05, 3.63) is 71.0 Å². The van der Waals surface area contributed by atoms with Crippen LogP contribution in [0.5, 0.6) is 5.75 Å². The Morgan fingerprint density at radius 1 is 1.24 bits per heavy atom. The number of ether oxygens (including phenoxy) is 1. The summed E-state index contributed by atoms with van der Waals surface area (Å²) in [5.41, 5.74) is 1.87. The SMILES string of the molecule is CCOc1ccccc1CNC(=O)c1cn(-c2cccc(Cl)c2)nn1. The van der Waals surface area contributed by atoms with E-state index in [0.717, 1.165) is 17.0 Å². The van der Waals surface area contributed by atoms with Crippen LogP contribution in [0.25, 0.3) is 5.69 Å². The van der Waals surface area contributed by atoms with Crippen molar-refractivity contribution in [3.63, 3.8) is 0 Å². The molecule has 0 saturated heterocycles. The molecule has 128 valence electrons. The lowest BCUT2D eigenvalue weighted by atomic mass is 10.2. The maximum absolute atomic E-state index is 12.3. The van der Waals surface area contributed by atoms with Crippen molar-refractivity contribution in [3.8, 4) is 11.4 Å². The van der Waals surface area contributed by atoms with E-state index in [-0.39, 0.29) is 11.6 Å². The fraction of sp³-hybridized carbons (Fsp3) is 0.167. The van der Waals surface area contributed by atoms with Crippen molar-refractivity contribution in [1.29, 1.82) is 0 Å². The van der Waals surface area contributed by atoms with Gasteiger partial charge in [-0.25, -0.2) is 4.68 Å². The highest BCUT2D eigenvalue weighted by molar-refractivity contribution is 6.30. The third-order valence-electron chi connectivity index (χ3n) is 3.51. The standard InChI is InChI=1S/C18H17ClN4O2/c1-2-25-17-9-4-3-6-13(17)11-20-18(24)16-12-23(22-21-16)15-8-5-7-14(19)10-15/h3-10,12H,2,11H2,1H3,(H,20,24). The van der Waals surface area contributed by atoms with E-state index in [9.17, 15) is 4.79 Å². The molecule has 1 amide bonds. The molecule has 3 aromatic rings. The minimum absolute atomic E-state index is 0.230. The molecule has 1 N–H and O–H groups in total. The van der Waals surface area contributed by atoms with E-state index in [1.165, 1.54) is 4.68 Å². The average molecular weight is 357 g/mol. The van der Waals surface area contributed by atoms with Gasteiger partial charge in [-0.3, -0.25) is 4.79 Å². The molecule has 7 heteroatoms. The van der Waals surface area contributed by atoms with E-state index >= 15 is 0 Å². The number of halogens is 1. The van der Waals surface area contributed by atoms with Crippen LogP contribution in [0.2, 0.25) is 5.02 Å². The van der Waals surface area contributed by atoms with Crippen molar-refractivity contribution >= 4 is 17.5 Å². The van der Waals surface area contributed by atoms with Gasteiger partial charge in [0.1, 0.15) is 5.75 Å². The van der Waals surface area contributed by atoms with Crippen LogP contribution in [0.3, 0.4) is 0 Å². The number of carbonyl (C=O) groups excluding carboxylic acids is 1. The van der Waals surface area contributed by atoms with Gasteiger partial charge in [0.25, 0.3) is 5.91 Å². The molecule has 0 fully saturated rings. The van der Waals surface area contributed by atoms with Gasteiger partial charge in [-0.15, -0.1) is 5.10 Å². The van der Waals surface area contributed by atoms with E-state index in [1.54, 1.807) is 18.3 Å². The van der Waals surface area contributed by atoms with Gasteiger partial charge in [-0.1, -0.05) is 41.1 Å². The first-order chi connectivity index (χ1) is 12.2. The monoisotopic (exact) mass is 356 g/mol. The number of hydrogen-bond acceptors (Lipinski definition) is 4. The summed E-state index contributed by atoms with van der Waals surface area (Å²) >= 11 is 5.97. The highest BCUT2D eigenvalue weighted by Crippen LogP contribution is 2.18. The van der Waals surface area contributed by atoms with E-state index < -0.39 is 0 Å². The number of hydrogen-bond donors (Lipinski definition) is 1. The fourth-order valence-electron chi connectivity index (χ4n) is 2.32. The number of benzene rings is 2. The number of amides is 1. The summed E-state index contributed by atoms with van der Waals surface area (Å²) in [4.78, 5) is 12.3. The first-order valence-electron chi connectivity index (χ1n) is 7.84. The van der Waals surface area contributed by atoms with Gasteiger partial charge in [0.2, 0.25) is 0 Å². The van der Waals surface area contributed by atoms with E-state index in [1.807, 2.05) is 43.3 Å². The Balaban J connectivity index is 1.69. The van der Waals surface area contributed by atoms with Gasteiger partial charge in [-0.05, 0) is 31.2 Å². The smallest absolute Gasteiger partial charge is 0.273 e. The molecule has 0 aliphatic heterocycles. The van der Waals surface area contributed by atoms with Crippen molar-refractivity contribution < 1.29 is 9.53 Å². The molecule has 0 unspecified atom stereocenters. The molecule has 2 aromatic carbocycles. The van der Waals surface area contributed by atoms with E-state index in [4.69, 9.17) is 16.3 Å². The molecular weight excluding hydrogens is 340 g/mol. The molecule has 0 spiro atoms. The Labute approximate surface area is 150 Å². The maximum Gasteiger partial charge on any atom is 0.273 e. The highest BCUT2D eigenvalue weighted by Gasteiger charge is 2.12. The zero-order valence-corrected chi connectivity index (χ0v) is 14.4. The van der Waals surface area contributed by atoms with Crippen LogP contribution >= 0.6 is 11.6 Å². The van der Waals surface area contributed by atoms with Crippen LogP contribution in [0.1, 0.15) is 23.0 Å². The van der Waals surface area contributed by atoms with Crippen LogP contribution in [-0.2, 0) is 6.54 Å². The van der Waals surface area contributed by atoms with E-state index in [0.29, 0.717) is 18.2 Å². The van der Waals surface area contributed by atoms with Crippen LogP contribution in [0, 0.1) is 0 Å². The van der Waals surface area contributed by atoms with E-state index in [2.05, 4.69) is 15.6 Å². The third-order valence-corrected chi connectivity index (χ3v) is 3.75. The first kappa shape index (κ1) is 17.0. The molecule has 1 aromatic heterocycles. The molecular formula is C18H17ClN4O2. The summed E-state index contributed by atoms with van der Waals surface area (Å²) in [7, 11) is 0. The fourth-order valence-corrected chi connectivity index (χ4v) is 2.51. The molecule has 0 aliphatic rings. The average Bonchev–Trinajstić information content (AvgIpc) is 3.11. The zero-order chi connectivity index (χ0) is 17.6. The van der Waals surface area contributed by atoms with Gasteiger partial charge < -0.3 is 10.1 Å². The summed E-state index contributed by atoms with van der Waals surface area (Å²) in [6.07, 6.45) is 1.56. The molecule has 3 rings (SSSR count). The Kier molecular flexibility index (Phi) is 5.30. The van der Waals surface area contributed by atoms with Crippen molar-refractivity contribution in [2.45, 2.75) is 13.5 Å². The summed E-state index contributed by atoms with van der Waals surface area (Å²) in [5, 5.41) is 11.3. The molecule has 0 saturated carbocycles. The lowest BCUT2D eigenvalue weighted by Gasteiger charge is -2.10. The van der Waals surface area contributed by atoms with Crippen LogP contribution in [0.4, 0.5) is 0 Å². The molecule has 0 aliphatic carbocycles. The molecule has 6 nitrogen and oxygen atoms in total. The second kappa shape index (κ2) is 7.81. The lowest BCUT2D eigenvalue weighted by molar-refractivity contribution is 0.0945. The van der Waals surface area contributed by atoms with Gasteiger partial charge in [-0.2, -0.15) is 0 Å². The second-order valence-corrected chi connectivity index (χ2v) is 5.69. The quantitative estimate of drug-likeness (QED) is 0.736. The Morgan fingerprint density at radius 2 is 2.08 bits per heavy atom. The van der Waals surface area contributed by atoms with Crippen LogP contribution in [0.15, 0.2) is 54.7 Å². The summed E-state index contributed by atoms with van der Waals surface area (Å²) in [5.74, 6) is 0.451. The van der Waals surface area contributed by atoms with Gasteiger partial charge >= 0.3 is 0 Å². The predicted octanol–water partition coefficient (Wildman–Crippen LogP) is 3.25. The number of aromatic nitrogens is 3. The zero-order valence-electron chi connectivity index (χ0n) is 13.6. The molecule has 0 radical (unpaired) electrons. The maximum atomic E-state index is 12.3. The second-order valence-electron chi connectivity index (χ2n) is 5.25. The summed E-state index contributed by atoms with van der Waals surface area (Å²) in [6.45, 7) is 2.83. The van der Waals surface area contributed by atoms with Crippen molar-refractivity contribution in [1.82, 2.24) is 20.3 Å². The minimum atomic E-state index is -0.306. The number of para-hydroxylation sites is 1. The molecule has 0 atom stereocenters. The Bertz CT molecular complexity index is 879. The van der Waals surface area contributed by atoms with Crippen molar-refractivity contribution in [2.24, 2.45) is 0 Å². The largest absolute Gasteiger partial charge is 0.494 e. The summed E-state index contributed by atoms with van der Waals surface area (Å²) < 4.78 is 7.06.